The minimum atomic E-state index is -0.469. The normalized spacial score (nSPS) is 26.1. The van der Waals surface area contributed by atoms with Gasteiger partial charge in [0.15, 0.2) is 5.79 Å². The van der Waals surface area contributed by atoms with Gasteiger partial charge in [0, 0.05) is 18.9 Å². The topological polar surface area (TPSA) is 38.8 Å². The highest BCUT2D eigenvalue weighted by Gasteiger charge is 2.45. The summed E-state index contributed by atoms with van der Waals surface area (Å²) >= 11 is 0. The Morgan fingerprint density at radius 1 is 1.47 bits per heavy atom. The summed E-state index contributed by atoms with van der Waals surface area (Å²) in [7, 11) is 0. The molecule has 0 saturated carbocycles. The maximum atomic E-state index is 11.9. The molecular formula is C11H19NO3. The van der Waals surface area contributed by atoms with Gasteiger partial charge in [0.25, 0.3) is 0 Å². The van der Waals surface area contributed by atoms with Crippen LogP contribution in [0, 0.1) is 5.92 Å². The maximum absolute atomic E-state index is 11.9. The fourth-order valence-electron chi connectivity index (χ4n) is 2.16. The van der Waals surface area contributed by atoms with Gasteiger partial charge in [0.1, 0.15) is 0 Å². The second-order valence-corrected chi connectivity index (χ2v) is 4.43. The van der Waals surface area contributed by atoms with Gasteiger partial charge < -0.3 is 14.4 Å². The molecule has 0 aromatic carbocycles. The zero-order valence-corrected chi connectivity index (χ0v) is 9.49. The average molecular weight is 213 g/mol. The maximum Gasteiger partial charge on any atom is 0.225 e. The first-order valence-electron chi connectivity index (χ1n) is 5.73. The fraction of sp³-hybridized carbons (Fsp3) is 0.909. The minimum absolute atomic E-state index is 0.113. The summed E-state index contributed by atoms with van der Waals surface area (Å²) in [5.41, 5.74) is 0. The molecule has 15 heavy (non-hydrogen) atoms. The zero-order valence-electron chi connectivity index (χ0n) is 9.49. The van der Waals surface area contributed by atoms with Crippen LogP contribution in [-0.2, 0) is 14.3 Å². The van der Waals surface area contributed by atoms with Crippen LogP contribution >= 0.6 is 0 Å². The second kappa shape index (κ2) is 4.10. The van der Waals surface area contributed by atoms with Crippen molar-refractivity contribution in [1.82, 2.24) is 4.90 Å². The molecule has 2 rings (SSSR count). The van der Waals surface area contributed by atoms with Crippen molar-refractivity contribution in [2.45, 2.75) is 32.5 Å². The summed E-state index contributed by atoms with van der Waals surface area (Å²) in [4.78, 5) is 13.8. The molecule has 0 aliphatic carbocycles. The Morgan fingerprint density at radius 2 is 2.13 bits per heavy atom. The lowest BCUT2D eigenvalue weighted by molar-refractivity contribution is -0.154. The van der Waals surface area contributed by atoms with Gasteiger partial charge in [-0.25, -0.2) is 0 Å². The van der Waals surface area contributed by atoms with E-state index in [-0.39, 0.29) is 11.8 Å². The van der Waals surface area contributed by atoms with Crippen molar-refractivity contribution < 1.29 is 14.3 Å². The lowest BCUT2D eigenvalue weighted by Gasteiger charge is -2.23. The van der Waals surface area contributed by atoms with Crippen molar-refractivity contribution in [3.05, 3.63) is 0 Å². The van der Waals surface area contributed by atoms with Crippen LogP contribution in [-0.4, -0.2) is 42.9 Å². The van der Waals surface area contributed by atoms with Crippen molar-refractivity contribution in [3.8, 4) is 0 Å². The summed E-state index contributed by atoms with van der Waals surface area (Å²) in [6.07, 6.45) is 1.71. The zero-order chi connectivity index (χ0) is 10.9. The van der Waals surface area contributed by atoms with Crippen molar-refractivity contribution in [2.75, 3.05) is 26.3 Å². The summed E-state index contributed by atoms with van der Waals surface area (Å²) in [6, 6.07) is 0. The van der Waals surface area contributed by atoms with E-state index in [2.05, 4.69) is 0 Å². The van der Waals surface area contributed by atoms with Crippen LogP contribution in [0.3, 0.4) is 0 Å². The quantitative estimate of drug-likeness (QED) is 0.687. The Morgan fingerprint density at radius 3 is 2.73 bits per heavy atom. The molecule has 0 radical (unpaired) electrons. The van der Waals surface area contributed by atoms with E-state index in [0.29, 0.717) is 19.8 Å². The lowest BCUT2D eigenvalue weighted by Crippen LogP contribution is -2.38. The van der Waals surface area contributed by atoms with E-state index < -0.39 is 5.79 Å². The molecule has 1 amide bonds. The molecule has 4 heteroatoms. The second-order valence-electron chi connectivity index (χ2n) is 4.43. The first-order chi connectivity index (χ1) is 7.17. The Labute approximate surface area is 90.5 Å². The summed E-state index contributed by atoms with van der Waals surface area (Å²) in [5, 5.41) is 0. The van der Waals surface area contributed by atoms with Crippen LogP contribution in [0.1, 0.15) is 26.7 Å². The van der Waals surface area contributed by atoms with Gasteiger partial charge in [-0.2, -0.15) is 0 Å². The van der Waals surface area contributed by atoms with E-state index >= 15 is 0 Å². The van der Waals surface area contributed by atoms with Gasteiger partial charge in [0.05, 0.1) is 19.8 Å². The van der Waals surface area contributed by atoms with Gasteiger partial charge in [-0.1, -0.05) is 13.8 Å². The summed E-state index contributed by atoms with van der Waals surface area (Å²) < 4.78 is 11.2. The van der Waals surface area contributed by atoms with Gasteiger partial charge in [0.2, 0.25) is 5.91 Å². The van der Waals surface area contributed by atoms with Crippen LogP contribution in [0.4, 0.5) is 0 Å². The number of rotatable bonds is 2. The predicted octanol–water partition coefficient (Wildman–Crippen LogP) is 1.01. The highest BCUT2D eigenvalue weighted by atomic mass is 16.7. The molecule has 4 nitrogen and oxygen atoms in total. The number of hydrogen-bond donors (Lipinski definition) is 0. The van der Waals surface area contributed by atoms with Crippen molar-refractivity contribution in [1.29, 1.82) is 0 Å². The Bertz CT molecular complexity index is 248. The van der Waals surface area contributed by atoms with Gasteiger partial charge >= 0.3 is 0 Å². The lowest BCUT2D eigenvalue weighted by atomic mass is 10.1. The molecule has 2 aliphatic rings. The van der Waals surface area contributed by atoms with Crippen LogP contribution in [0.5, 0.6) is 0 Å². The number of likely N-dealkylation sites (tertiary alicyclic amines) is 1. The molecule has 0 aromatic rings. The van der Waals surface area contributed by atoms with E-state index in [4.69, 9.17) is 9.47 Å². The number of amides is 1. The highest BCUT2D eigenvalue weighted by molar-refractivity contribution is 5.78. The highest BCUT2D eigenvalue weighted by Crippen LogP contribution is 2.31. The van der Waals surface area contributed by atoms with Crippen LogP contribution in [0.2, 0.25) is 0 Å². The third-order valence-corrected chi connectivity index (χ3v) is 3.35. The van der Waals surface area contributed by atoms with E-state index in [0.717, 1.165) is 19.4 Å². The monoisotopic (exact) mass is 213 g/mol. The van der Waals surface area contributed by atoms with Crippen molar-refractivity contribution in [2.24, 2.45) is 5.92 Å². The first kappa shape index (κ1) is 10.9. The number of hydrogen-bond acceptors (Lipinski definition) is 3. The SMILES string of the molecule is CCC(C)C(=O)N1CCC2(C1)OCCO2. The standard InChI is InChI=1S/C11H19NO3/c1-3-9(2)10(13)12-5-4-11(8-12)14-6-7-15-11/h9H,3-8H2,1-2H3. The molecule has 2 fully saturated rings. The molecule has 0 N–H and O–H groups in total. The van der Waals surface area contributed by atoms with Gasteiger partial charge in [-0.15, -0.1) is 0 Å². The van der Waals surface area contributed by atoms with E-state index in [1.807, 2.05) is 18.7 Å². The Kier molecular flexibility index (Phi) is 2.98. The summed E-state index contributed by atoms with van der Waals surface area (Å²) in [6.45, 7) is 6.71. The van der Waals surface area contributed by atoms with Gasteiger partial charge in [-0.3, -0.25) is 4.79 Å². The molecule has 1 spiro atoms. The minimum Gasteiger partial charge on any atom is -0.346 e. The van der Waals surface area contributed by atoms with Crippen LogP contribution < -0.4 is 0 Å². The average Bonchev–Trinajstić information content (AvgIpc) is 2.88. The number of ether oxygens (including phenoxy) is 2. The molecule has 1 unspecified atom stereocenters. The molecular weight excluding hydrogens is 194 g/mol. The third kappa shape index (κ3) is 2.01. The molecule has 1 atom stereocenters. The predicted molar refractivity (Wildman–Crippen MR) is 55.3 cm³/mol. The Balaban J connectivity index is 1.94. The molecule has 0 aromatic heterocycles. The van der Waals surface area contributed by atoms with E-state index in [9.17, 15) is 4.79 Å². The van der Waals surface area contributed by atoms with E-state index in [1.54, 1.807) is 0 Å². The Hall–Kier alpha value is -0.610. The number of nitrogens with zero attached hydrogens (tertiary/aromatic N) is 1. The molecule has 2 heterocycles. The first-order valence-corrected chi connectivity index (χ1v) is 5.73. The fourth-order valence-corrected chi connectivity index (χ4v) is 2.16. The van der Waals surface area contributed by atoms with Gasteiger partial charge in [-0.05, 0) is 6.42 Å². The molecule has 2 saturated heterocycles. The summed E-state index contributed by atoms with van der Waals surface area (Å²) in [5.74, 6) is -0.127. The number of carbonyl (C=O) groups is 1. The van der Waals surface area contributed by atoms with Crippen LogP contribution in [0.15, 0.2) is 0 Å². The van der Waals surface area contributed by atoms with E-state index in [1.165, 1.54) is 0 Å². The molecule has 86 valence electrons. The molecule has 0 bridgehead atoms. The smallest absolute Gasteiger partial charge is 0.225 e. The largest absolute Gasteiger partial charge is 0.346 e. The van der Waals surface area contributed by atoms with Crippen LogP contribution in [0.25, 0.3) is 0 Å². The number of carbonyl (C=O) groups excluding carboxylic acids is 1. The molecule has 2 aliphatic heterocycles. The van der Waals surface area contributed by atoms with Crippen molar-refractivity contribution in [3.63, 3.8) is 0 Å². The van der Waals surface area contributed by atoms with Crippen molar-refractivity contribution >= 4 is 5.91 Å². The third-order valence-electron chi connectivity index (χ3n) is 3.35.